The first-order chi connectivity index (χ1) is 10.5. The first-order valence-electron chi connectivity index (χ1n) is 6.75. The molecule has 2 aromatic carbocycles. The Kier molecular flexibility index (Phi) is 5.54. The molecule has 1 amide bonds. The highest BCUT2D eigenvalue weighted by atomic mass is 127. The van der Waals surface area contributed by atoms with E-state index in [1.54, 1.807) is 12.1 Å². The number of anilines is 1. The van der Waals surface area contributed by atoms with E-state index < -0.39 is 5.97 Å². The molecule has 22 heavy (non-hydrogen) atoms. The van der Waals surface area contributed by atoms with Crippen LogP contribution in [-0.4, -0.2) is 18.5 Å². The summed E-state index contributed by atoms with van der Waals surface area (Å²) in [7, 11) is 0. The lowest BCUT2D eigenvalue weighted by Gasteiger charge is -2.08. The number of hydrogen-bond donors (Lipinski definition) is 1. The normalized spacial score (nSPS) is 10.1. The van der Waals surface area contributed by atoms with Gasteiger partial charge in [0.15, 0.2) is 6.61 Å². The van der Waals surface area contributed by atoms with Gasteiger partial charge in [-0.1, -0.05) is 6.07 Å². The number of esters is 1. The van der Waals surface area contributed by atoms with Gasteiger partial charge in [-0.15, -0.1) is 0 Å². The molecule has 1 N–H and O–H groups in total. The van der Waals surface area contributed by atoms with E-state index in [1.165, 1.54) is 0 Å². The van der Waals surface area contributed by atoms with Crippen LogP contribution in [0, 0.1) is 17.4 Å². The number of benzene rings is 2. The standard InChI is InChI=1S/C17H16INO3/c1-11-3-8-15(9-12(11)2)19-16(20)10-22-17(21)13-4-6-14(18)7-5-13/h3-9H,10H2,1-2H3,(H,19,20). The summed E-state index contributed by atoms with van der Waals surface area (Å²) in [5.74, 6) is -0.867. The maximum atomic E-state index is 11.8. The third-order valence-corrected chi connectivity index (χ3v) is 3.92. The predicted molar refractivity (Wildman–Crippen MR) is 94.0 cm³/mol. The van der Waals surface area contributed by atoms with Crippen LogP contribution >= 0.6 is 22.6 Å². The van der Waals surface area contributed by atoms with Crippen molar-refractivity contribution in [2.75, 3.05) is 11.9 Å². The molecule has 0 saturated carbocycles. The Labute approximate surface area is 143 Å². The van der Waals surface area contributed by atoms with Crippen molar-refractivity contribution < 1.29 is 14.3 Å². The van der Waals surface area contributed by atoms with E-state index in [-0.39, 0.29) is 12.5 Å². The Morgan fingerprint density at radius 3 is 2.36 bits per heavy atom. The molecule has 2 aromatic rings. The van der Waals surface area contributed by atoms with Crippen LogP contribution in [0.5, 0.6) is 0 Å². The van der Waals surface area contributed by atoms with Crippen LogP contribution < -0.4 is 5.32 Å². The van der Waals surface area contributed by atoms with Gasteiger partial charge >= 0.3 is 5.97 Å². The molecule has 5 heteroatoms. The first kappa shape index (κ1) is 16.5. The largest absolute Gasteiger partial charge is 0.452 e. The van der Waals surface area contributed by atoms with Gasteiger partial charge in [0.25, 0.3) is 5.91 Å². The number of halogens is 1. The molecule has 114 valence electrons. The molecule has 0 bridgehead atoms. The Balaban J connectivity index is 1.88. The van der Waals surface area contributed by atoms with Gasteiger partial charge < -0.3 is 10.1 Å². The second kappa shape index (κ2) is 7.40. The monoisotopic (exact) mass is 409 g/mol. The zero-order valence-electron chi connectivity index (χ0n) is 12.4. The molecule has 0 atom stereocenters. The fourth-order valence-corrected chi connectivity index (χ4v) is 2.18. The van der Waals surface area contributed by atoms with Crippen LogP contribution in [-0.2, 0) is 9.53 Å². The Hall–Kier alpha value is -1.89. The molecule has 0 aliphatic heterocycles. The van der Waals surface area contributed by atoms with E-state index in [4.69, 9.17) is 4.74 Å². The van der Waals surface area contributed by atoms with Crippen molar-refractivity contribution in [3.8, 4) is 0 Å². The number of rotatable bonds is 4. The van der Waals surface area contributed by atoms with Crippen molar-refractivity contribution in [2.45, 2.75) is 13.8 Å². The van der Waals surface area contributed by atoms with Gasteiger partial charge in [-0.2, -0.15) is 0 Å². The zero-order valence-corrected chi connectivity index (χ0v) is 14.5. The van der Waals surface area contributed by atoms with Gasteiger partial charge in [-0.25, -0.2) is 4.79 Å². The molecule has 0 unspecified atom stereocenters. The Morgan fingerprint density at radius 1 is 1.05 bits per heavy atom. The molecule has 4 nitrogen and oxygen atoms in total. The number of aryl methyl sites for hydroxylation is 2. The fourth-order valence-electron chi connectivity index (χ4n) is 1.82. The minimum absolute atomic E-state index is 0.308. The predicted octanol–water partition coefficient (Wildman–Crippen LogP) is 3.70. The number of amides is 1. The van der Waals surface area contributed by atoms with Crippen LogP contribution in [0.1, 0.15) is 21.5 Å². The van der Waals surface area contributed by atoms with Crippen LogP contribution in [0.2, 0.25) is 0 Å². The molecule has 0 spiro atoms. The summed E-state index contributed by atoms with van der Waals surface area (Å²) in [6.07, 6.45) is 0. The molecule has 0 fully saturated rings. The van der Waals surface area contributed by atoms with Crippen molar-refractivity contribution in [3.05, 3.63) is 62.7 Å². The highest BCUT2D eigenvalue weighted by Crippen LogP contribution is 2.14. The maximum absolute atomic E-state index is 11.8. The summed E-state index contributed by atoms with van der Waals surface area (Å²) in [6.45, 7) is 3.67. The second-order valence-corrected chi connectivity index (χ2v) is 6.18. The molecule has 0 aliphatic carbocycles. The minimum Gasteiger partial charge on any atom is -0.452 e. The van der Waals surface area contributed by atoms with E-state index in [0.29, 0.717) is 11.3 Å². The van der Waals surface area contributed by atoms with Crippen LogP contribution in [0.25, 0.3) is 0 Å². The summed E-state index contributed by atoms with van der Waals surface area (Å²) < 4.78 is 6.03. The number of hydrogen-bond acceptors (Lipinski definition) is 3. The van der Waals surface area contributed by atoms with Crippen LogP contribution in [0.4, 0.5) is 5.69 Å². The molecular weight excluding hydrogens is 393 g/mol. The highest BCUT2D eigenvalue weighted by Gasteiger charge is 2.10. The third-order valence-electron chi connectivity index (χ3n) is 3.20. The van der Waals surface area contributed by atoms with Gasteiger partial charge in [0.05, 0.1) is 5.56 Å². The number of nitrogens with one attached hydrogen (secondary N) is 1. The molecule has 0 saturated heterocycles. The summed E-state index contributed by atoms with van der Waals surface area (Å²) in [6, 6.07) is 12.6. The average molecular weight is 409 g/mol. The quantitative estimate of drug-likeness (QED) is 0.619. The van der Waals surface area contributed by atoms with Crippen molar-refractivity contribution in [2.24, 2.45) is 0 Å². The smallest absolute Gasteiger partial charge is 0.338 e. The molecule has 0 aromatic heterocycles. The maximum Gasteiger partial charge on any atom is 0.338 e. The second-order valence-electron chi connectivity index (χ2n) is 4.93. The lowest BCUT2D eigenvalue weighted by molar-refractivity contribution is -0.119. The van der Waals surface area contributed by atoms with Crippen molar-refractivity contribution in [1.29, 1.82) is 0 Å². The van der Waals surface area contributed by atoms with Crippen molar-refractivity contribution >= 4 is 40.2 Å². The molecule has 0 aliphatic rings. The number of carbonyl (C=O) groups excluding carboxylic acids is 2. The zero-order chi connectivity index (χ0) is 16.1. The Morgan fingerprint density at radius 2 is 1.73 bits per heavy atom. The van der Waals surface area contributed by atoms with Gasteiger partial charge in [0, 0.05) is 9.26 Å². The lowest BCUT2D eigenvalue weighted by Crippen LogP contribution is -2.21. The SMILES string of the molecule is Cc1ccc(NC(=O)COC(=O)c2ccc(I)cc2)cc1C. The van der Waals surface area contributed by atoms with E-state index in [1.807, 2.05) is 44.2 Å². The van der Waals surface area contributed by atoms with E-state index in [0.717, 1.165) is 14.7 Å². The van der Waals surface area contributed by atoms with E-state index >= 15 is 0 Å². The van der Waals surface area contributed by atoms with Gasteiger partial charge in [-0.05, 0) is 84.0 Å². The highest BCUT2D eigenvalue weighted by molar-refractivity contribution is 14.1. The fraction of sp³-hybridized carbons (Fsp3) is 0.176. The topological polar surface area (TPSA) is 55.4 Å². The summed E-state index contributed by atoms with van der Waals surface area (Å²) >= 11 is 2.15. The van der Waals surface area contributed by atoms with Crippen molar-refractivity contribution in [1.82, 2.24) is 0 Å². The van der Waals surface area contributed by atoms with Crippen molar-refractivity contribution in [3.63, 3.8) is 0 Å². The molecule has 2 rings (SSSR count). The summed E-state index contributed by atoms with van der Waals surface area (Å²) in [5, 5.41) is 2.71. The van der Waals surface area contributed by atoms with Crippen LogP contribution in [0.15, 0.2) is 42.5 Å². The van der Waals surface area contributed by atoms with Gasteiger partial charge in [0.2, 0.25) is 0 Å². The van der Waals surface area contributed by atoms with E-state index in [2.05, 4.69) is 27.9 Å². The lowest BCUT2D eigenvalue weighted by atomic mass is 10.1. The molecule has 0 heterocycles. The van der Waals surface area contributed by atoms with Gasteiger partial charge in [-0.3, -0.25) is 4.79 Å². The number of ether oxygens (including phenoxy) is 1. The van der Waals surface area contributed by atoms with Crippen LogP contribution in [0.3, 0.4) is 0 Å². The van der Waals surface area contributed by atoms with E-state index in [9.17, 15) is 9.59 Å². The minimum atomic E-state index is -0.508. The van der Waals surface area contributed by atoms with Gasteiger partial charge in [0.1, 0.15) is 0 Å². The third kappa shape index (κ3) is 4.56. The molecular formula is C17H16INO3. The number of carbonyl (C=O) groups is 2. The molecule has 0 radical (unpaired) electrons. The first-order valence-corrected chi connectivity index (χ1v) is 7.83. The summed E-state index contributed by atoms with van der Waals surface area (Å²) in [4.78, 5) is 23.6. The Bertz CT molecular complexity index is 696. The summed E-state index contributed by atoms with van der Waals surface area (Å²) in [5.41, 5.74) is 3.37. The average Bonchev–Trinajstić information content (AvgIpc) is 2.49.